The predicted molar refractivity (Wildman–Crippen MR) is 60.6 cm³/mol. The Morgan fingerprint density at radius 3 is 3.00 bits per heavy atom. The zero-order valence-electron chi connectivity index (χ0n) is 8.31. The van der Waals surface area contributed by atoms with Gasteiger partial charge in [-0.25, -0.2) is 0 Å². The lowest BCUT2D eigenvalue weighted by Gasteiger charge is -2.06. The maximum absolute atomic E-state index is 6.08. The summed E-state index contributed by atoms with van der Waals surface area (Å²) in [4.78, 5) is 0. The van der Waals surface area contributed by atoms with E-state index in [-0.39, 0.29) is 0 Å². The Hall–Kier alpha value is -1.55. The number of benzene rings is 1. The van der Waals surface area contributed by atoms with Crippen LogP contribution in [-0.2, 0) is 6.54 Å². The third-order valence-corrected chi connectivity index (χ3v) is 2.52. The van der Waals surface area contributed by atoms with Crippen LogP contribution in [0, 0.1) is 0 Å². The molecule has 0 bridgehead atoms. The molecule has 15 heavy (non-hydrogen) atoms. The first-order valence-electron chi connectivity index (χ1n) is 4.65. The van der Waals surface area contributed by atoms with E-state index in [1.165, 1.54) is 0 Å². The van der Waals surface area contributed by atoms with Gasteiger partial charge in [0, 0.05) is 17.8 Å². The van der Waals surface area contributed by atoms with E-state index in [1.54, 1.807) is 24.5 Å². The molecule has 0 amide bonds. The molecule has 4 nitrogen and oxygen atoms in total. The SMILES string of the molecule is CCn1cnnc1-c1cc(N)ccc1Cl. The number of hydrogen-bond donors (Lipinski definition) is 1. The monoisotopic (exact) mass is 222 g/mol. The summed E-state index contributed by atoms with van der Waals surface area (Å²) in [6.07, 6.45) is 1.68. The Bertz CT molecular complexity index is 478. The third kappa shape index (κ3) is 1.80. The van der Waals surface area contributed by atoms with Crippen LogP contribution < -0.4 is 5.73 Å². The fourth-order valence-electron chi connectivity index (χ4n) is 1.41. The molecule has 0 aliphatic rings. The Morgan fingerprint density at radius 1 is 1.47 bits per heavy atom. The number of nitrogens with two attached hydrogens (primary N) is 1. The Kier molecular flexibility index (Phi) is 2.60. The van der Waals surface area contributed by atoms with Crippen molar-refractivity contribution in [3.05, 3.63) is 29.5 Å². The summed E-state index contributed by atoms with van der Waals surface area (Å²) in [6.45, 7) is 2.82. The smallest absolute Gasteiger partial charge is 0.165 e. The fraction of sp³-hybridized carbons (Fsp3) is 0.200. The van der Waals surface area contributed by atoms with Crippen molar-refractivity contribution in [2.75, 3.05) is 5.73 Å². The Morgan fingerprint density at radius 2 is 2.27 bits per heavy atom. The topological polar surface area (TPSA) is 56.7 Å². The van der Waals surface area contributed by atoms with E-state index < -0.39 is 0 Å². The standard InChI is InChI=1S/C10H11ClN4/c1-2-15-6-13-14-10(15)8-5-7(12)3-4-9(8)11/h3-6H,2,12H2,1H3. The molecule has 1 aromatic carbocycles. The van der Waals surface area contributed by atoms with Crippen molar-refractivity contribution in [2.24, 2.45) is 0 Å². The van der Waals surface area contributed by atoms with Gasteiger partial charge in [0.1, 0.15) is 6.33 Å². The number of rotatable bonds is 2. The molecule has 0 saturated heterocycles. The summed E-state index contributed by atoms with van der Waals surface area (Å²) >= 11 is 6.08. The zero-order chi connectivity index (χ0) is 10.8. The Labute approximate surface area is 92.7 Å². The van der Waals surface area contributed by atoms with Gasteiger partial charge in [-0.15, -0.1) is 10.2 Å². The highest BCUT2D eigenvalue weighted by Crippen LogP contribution is 2.27. The highest BCUT2D eigenvalue weighted by atomic mass is 35.5. The summed E-state index contributed by atoms with van der Waals surface area (Å²) < 4.78 is 1.92. The van der Waals surface area contributed by atoms with Crippen LogP contribution in [-0.4, -0.2) is 14.8 Å². The highest BCUT2D eigenvalue weighted by Gasteiger charge is 2.10. The van der Waals surface area contributed by atoms with Crippen molar-refractivity contribution < 1.29 is 0 Å². The molecule has 2 aromatic rings. The molecule has 0 fully saturated rings. The van der Waals surface area contributed by atoms with Gasteiger partial charge in [-0.1, -0.05) is 11.6 Å². The van der Waals surface area contributed by atoms with Gasteiger partial charge >= 0.3 is 0 Å². The molecular formula is C10H11ClN4. The lowest BCUT2D eigenvalue weighted by Crippen LogP contribution is -1.97. The van der Waals surface area contributed by atoms with Gasteiger partial charge in [0.25, 0.3) is 0 Å². The molecule has 5 heteroatoms. The van der Waals surface area contributed by atoms with Crippen molar-refractivity contribution in [3.63, 3.8) is 0 Å². The minimum atomic E-state index is 0.631. The van der Waals surface area contributed by atoms with E-state index >= 15 is 0 Å². The Balaban J connectivity index is 2.58. The second-order valence-corrected chi connectivity index (χ2v) is 3.59. The van der Waals surface area contributed by atoms with Gasteiger partial charge < -0.3 is 10.3 Å². The lowest BCUT2D eigenvalue weighted by molar-refractivity contribution is 0.767. The second kappa shape index (κ2) is 3.90. The fourth-order valence-corrected chi connectivity index (χ4v) is 1.61. The van der Waals surface area contributed by atoms with Gasteiger partial charge in [0.05, 0.1) is 5.02 Å². The van der Waals surface area contributed by atoms with Crippen molar-refractivity contribution in [1.82, 2.24) is 14.8 Å². The third-order valence-electron chi connectivity index (χ3n) is 2.19. The van der Waals surface area contributed by atoms with Gasteiger partial charge in [-0.3, -0.25) is 0 Å². The first-order valence-corrected chi connectivity index (χ1v) is 5.03. The normalized spacial score (nSPS) is 10.5. The lowest BCUT2D eigenvalue weighted by atomic mass is 10.2. The number of nitrogen functional groups attached to an aromatic ring is 1. The maximum atomic E-state index is 6.08. The number of halogens is 1. The van der Waals surface area contributed by atoms with Crippen LogP contribution in [0.3, 0.4) is 0 Å². The molecule has 2 N–H and O–H groups in total. The van der Waals surface area contributed by atoms with Gasteiger partial charge in [0.2, 0.25) is 0 Å². The molecular weight excluding hydrogens is 212 g/mol. The van der Waals surface area contributed by atoms with E-state index in [4.69, 9.17) is 17.3 Å². The molecule has 1 aromatic heterocycles. The highest BCUT2D eigenvalue weighted by molar-refractivity contribution is 6.33. The first-order chi connectivity index (χ1) is 7.22. The molecule has 2 rings (SSSR count). The number of aryl methyl sites for hydroxylation is 1. The molecule has 0 radical (unpaired) electrons. The van der Waals surface area contributed by atoms with Gasteiger partial charge in [-0.2, -0.15) is 0 Å². The average molecular weight is 223 g/mol. The first kappa shape index (κ1) is 9.98. The summed E-state index contributed by atoms with van der Waals surface area (Å²) in [5.41, 5.74) is 7.19. The van der Waals surface area contributed by atoms with E-state index in [9.17, 15) is 0 Å². The van der Waals surface area contributed by atoms with Gasteiger partial charge in [0.15, 0.2) is 5.82 Å². The summed E-state index contributed by atoms with van der Waals surface area (Å²) in [6, 6.07) is 5.33. The van der Waals surface area contributed by atoms with Crippen LogP contribution in [0.25, 0.3) is 11.4 Å². The van der Waals surface area contributed by atoms with E-state index in [0.717, 1.165) is 17.9 Å². The van der Waals surface area contributed by atoms with E-state index in [2.05, 4.69) is 10.2 Å². The number of hydrogen-bond acceptors (Lipinski definition) is 3. The minimum absolute atomic E-state index is 0.631. The molecule has 0 spiro atoms. The molecule has 0 unspecified atom stereocenters. The molecule has 0 saturated carbocycles. The van der Waals surface area contributed by atoms with Crippen molar-refractivity contribution >= 4 is 17.3 Å². The van der Waals surface area contributed by atoms with Crippen molar-refractivity contribution in [3.8, 4) is 11.4 Å². The number of anilines is 1. The molecule has 0 aliphatic heterocycles. The molecule has 1 heterocycles. The van der Waals surface area contributed by atoms with Crippen LogP contribution in [0.15, 0.2) is 24.5 Å². The number of aromatic nitrogens is 3. The predicted octanol–water partition coefficient (Wildman–Crippen LogP) is 2.20. The van der Waals surface area contributed by atoms with E-state index in [1.807, 2.05) is 11.5 Å². The van der Waals surface area contributed by atoms with Gasteiger partial charge in [-0.05, 0) is 25.1 Å². The molecule has 78 valence electrons. The minimum Gasteiger partial charge on any atom is -0.399 e. The van der Waals surface area contributed by atoms with Crippen LogP contribution in [0.4, 0.5) is 5.69 Å². The number of nitrogens with zero attached hydrogens (tertiary/aromatic N) is 3. The molecule has 0 aliphatic carbocycles. The van der Waals surface area contributed by atoms with Crippen LogP contribution in [0.2, 0.25) is 5.02 Å². The zero-order valence-corrected chi connectivity index (χ0v) is 9.07. The molecule has 0 atom stereocenters. The summed E-state index contributed by atoms with van der Waals surface area (Å²) in [5, 5.41) is 8.52. The largest absolute Gasteiger partial charge is 0.399 e. The van der Waals surface area contributed by atoms with E-state index in [0.29, 0.717) is 10.7 Å². The van der Waals surface area contributed by atoms with Crippen molar-refractivity contribution in [2.45, 2.75) is 13.5 Å². The average Bonchev–Trinajstić information content (AvgIpc) is 2.69. The van der Waals surface area contributed by atoms with Crippen LogP contribution >= 0.6 is 11.6 Å². The summed E-state index contributed by atoms with van der Waals surface area (Å²) in [5.74, 6) is 0.745. The van der Waals surface area contributed by atoms with Crippen molar-refractivity contribution in [1.29, 1.82) is 0 Å². The summed E-state index contributed by atoms with van der Waals surface area (Å²) in [7, 11) is 0. The van der Waals surface area contributed by atoms with Crippen LogP contribution in [0.1, 0.15) is 6.92 Å². The van der Waals surface area contributed by atoms with Crippen LogP contribution in [0.5, 0.6) is 0 Å². The second-order valence-electron chi connectivity index (χ2n) is 3.18. The quantitative estimate of drug-likeness (QED) is 0.793. The maximum Gasteiger partial charge on any atom is 0.165 e.